The van der Waals surface area contributed by atoms with Crippen LogP contribution in [0, 0.1) is 6.92 Å². The van der Waals surface area contributed by atoms with Gasteiger partial charge in [-0.3, -0.25) is 20.2 Å². The normalized spacial score (nSPS) is 22.4. The van der Waals surface area contributed by atoms with Crippen LogP contribution in [0.3, 0.4) is 0 Å². The van der Waals surface area contributed by atoms with Crippen molar-refractivity contribution in [2.75, 3.05) is 21.1 Å². The number of rotatable bonds is 5. The summed E-state index contributed by atoms with van der Waals surface area (Å²) in [5.41, 5.74) is 5.43. The van der Waals surface area contributed by atoms with Crippen molar-refractivity contribution in [3.63, 3.8) is 0 Å². The molecular formula is C30H33N3O2. The summed E-state index contributed by atoms with van der Waals surface area (Å²) >= 11 is 0. The third-order valence-corrected chi connectivity index (χ3v) is 8.31. The van der Waals surface area contributed by atoms with E-state index in [0.717, 1.165) is 39.8 Å². The number of nitrogens with one attached hydrogen (secondary N) is 3. The Labute approximate surface area is 207 Å². The molecule has 5 nitrogen and oxygen atoms in total. The number of benzene rings is 3. The summed E-state index contributed by atoms with van der Waals surface area (Å²) in [5, 5.41) is 9.69. The number of Topliss-reactive ketones (excluding diaryl/α,β-unsaturated/α-hetero) is 2. The quantitative estimate of drug-likeness (QED) is 0.390. The second kappa shape index (κ2) is 8.52. The molecule has 0 aromatic heterocycles. The Morgan fingerprint density at radius 2 is 1.54 bits per heavy atom. The smallest absolute Gasteiger partial charge is 0.206 e. The zero-order valence-corrected chi connectivity index (χ0v) is 21.1. The molecule has 0 fully saturated rings. The van der Waals surface area contributed by atoms with Crippen LogP contribution in [0.1, 0.15) is 57.6 Å². The molecule has 0 aliphatic heterocycles. The highest BCUT2D eigenvalue weighted by Crippen LogP contribution is 2.51. The summed E-state index contributed by atoms with van der Waals surface area (Å²) < 4.78 is 0. The van der Waals surface area contributed by atoms with Gasteiger partial charge in [0, 0.05) is 11.6 Å². The first-order valence-corrected chi connectivity index (χ1v) is 12.4. The van der Waals surface area contributed by atoms with Crippen LogP contribution in [0.25, 0.3) is 11.1 Å². The highest BCUT2D eigenvalue weighted by molar-refractivity contribution is 6.27. The minimum Gasteiger partial charge on any atom is -0.313 e. The van der Waals surface area contributed by atoms with Crippen molar-refractivity contribution in [1.82, 2.24) is 16.0 Å². The molecule has 35 heavy (non-hydrogen) atoms. The Kier molecular flexibility index (Phi) is 5.75. The van der Waals surface area contributed by atoms with Gasteiger partial charge in [0.2, 0.25) is 5.78 Å². The Balaban J connectivity index is 1.95. The molecule has 0 amide bonds. The predicted molar refractivity (Wildman–Crippen MR) is 140 cm³/mol. The standard InChI is InChI=1S/C30H33N3O2/c1-6-29(22-14-10-7-11-18(22)2)23-16-15-21-20-13-9-8-12-19(20)17-24(31-3)25(21)26(23)27(34)30(32-4,33-5)28(29)35/h7-16,24,31-33H,6,17H2,1-5H3. The van der Waals surface area contributed by atoms with Gasteiger partial charge in [-0.1, -0.05) is 67.6 Å². The molecule has 5 heteroatoms. The van der Waals surface area contributed by atoms with Gasteiger partial charge >= 0.3 is 0 Å². The van der Waals surface area contributed by atoms with E-state index in [9.17, 15) is 9.59 Å². The Bertz CT molecular complexity index is 1340. The van der Waals surface area contributed by atoms with E-state index >= 15 is 0 Å². The topological polar surface area (TPSA) is 70.2 Å². The number of ketones is 2. The van der Waals surface area contributed by atoms with Crippen LogP contribution in [0.15, 0.2) is 60.7 Å². The molecule has 3 aromatic rings. The van der Waals surface area contributed by atoms with Gasteiger partial charge in [-0.15, -0.1) is 0 Å². The number of fused-ring (bicyclic) bond motifs is 5. The van der Waals surface area contributed by atoms with Crippen LogP contribution < -0.4 is 16.0 Å². The first-order chi connectivity index (χ1) is 16.9. The highest BCUT2D eigenvalue weighted by Gasteiger charge is 2.60. The van der Waals surface area contributed by atoms with Crippen LogP contribution in [0.4, 0.5) is 0 Å². The molecule has 3 aromatic carbocycles. The fourth-order valence-electron chi connectivity index (χ4n) is 6.52. The highest BCUT2D eigenvalue weighted by atomic mass is 16.2. The summed E-state index contributed by atoms with van der Waals surface area (Å²) in [5.74, 6) is -0.363. The molecule has 2 aliphatic carbocycles. The third kappa shape index (κ3) is 2.99. The molecule has 0 radical (unpaired) electrons. The van der Waals surface area contributed by atoms with E-state index < -0.39 is 11.1 Å². The second-order valence-corrected chi connectivity index (χ2v) is 9.63. The Hall–Kier alpha value is -3.12. The Morgan fingerprint density at radius 1 is 0.857 bits per heavy atom. The number of likely N-dealkylation sites (N-methyl/N-ethyl adjacent to an activating group) is 3. The maximum Gasteiger partial charge on any atom is 0.206 e. The molecule has 3 N–H and O–H groups in total. The SMILES string of the molecule is CCC1(c2ccccc2C)C(=O)C(NC)(NC)C(=O)c2c1ccc1c2C(NC)Cc2ccccc2-1. The monoisotopic (exact) mass is 467 g/mol. The van der Waals surface area contributed by atoms with Gasteiger partial charge in [0.1, 0.15) is 0 Å². The third-order valence-electron chi connectivity index (χ3n) is 8.31. The fourth-order valence-corrected chi connectivity index (χ4v) is 6.52. The zero-order chi connectivity index (χ0) is 25.0. The van der Waals surface area contributed by atoms with E-state index in [1.807, 2.05) is 57.3 Å². The average molecular weight is 468 g/mol. The van der Waals surface area contributed by atoms with E-state index in [4.69, 9.17) is 0 Å². The van der Waals surface area contributed by atoms with Crippen molar-refractivity contribution in [2.24, 2.45) is 0 Å². The van der Waals surface area contributed by atoms with Gasteiger partial charge in [-0.2, -0.15) is 0 Å². The van der Waals surface area contributed by atoms with Gasteiger partial charge in [-0.25, -0.2) is 0 Å². The van der Waals surface area contributed by atoms with Gasteiger partial charge in [0.25, 0.3) is 0 Å². The van der Waals surface area contributed by atoms with Crippen LogP contribution in [0.5, 0.6) is 0 Å². The molecule has 0 spiro atoms. The maximum atomic E-state index is 14.5. The zero-order valence-electron chi connectivity index (χ0n) is 21.1. The summed E-state index contributed by atoms with van der Waals surface area (Å²) in [6.45, 7) is 4.09. The molecule has 2 aliphatic rings. The molecule has 2 unspecified atom stereocenters. The van der Waals surface area contributed by atoms with E-state index in [0.29, 0.717) is 12.0 Å². The number of carbonyl (C=O) groups is 2. The van der Waals surface area contributed by atoms with Gasteiger partial charge in [0.05, 0.1) is 5.41 Å². The molecule has 0 heterocycles. The largest absolute Gasteiger partial charge is 0.313 e. The molecule has 0 bridgehead atoms. The molecule has 0 saturated carbocycles. The van der Waals surface area contributed by atoms with Crippen molar-refractivity contribution in [2.45, 2.75) is 43.8 Å². The van der Waals surface area contributed by atoms with Gasteiger partial charge in [0.15, 0.2) is 11.4 Å². The minimum atomic E-state index is -1.52. The maximum absolute atomic E-state index is 14.5. The summed E-state index contributed by atoms with van der Waals surface area (Å²) in [4.78, 5) is 28.9. The lowest BCUT2D eigenvalue weighted by Crippen LogP contribution is -2.72. The van der Waals surface area contributed by atoms with E-state index in [-0.39, 0.29) is 17.6 Å². The van der Waals surface area contributed by atoms with Crippen molar-refractivity contribution < 1.29 is 9.59 Å². The second-order valence-electron chi connectivity index (χ2n) is 9.63. The van der Waals surface area contributed by atoms with Crippen LogP contribution >= 0.6 is 0 Å². The molecule has 180 valence electrons. The van der Waals surface area contributed by atoms with E-state index in [2.05, 4.69) is 40.2 Å². The first-order valence-electron chi connectivity index (χ1n) is 12.4. The molecular weight excluding hydrogens is 434 g/mol. The van der Waals surface area contributed by atoms with Crippen LogP contribution in [-0.2, 0) is 16.6 Å². The average Bonchev–Trinajstić information content (AvgIpc) is 2.90. The van der Waals surface area contributed by atoms with E-state index in [1.165, 1.54) is 5.56 Å². The van der Waals surface area contributed by atoms with Crippen LogP contribution in [0.2, 0.25) is 0 Å². The molecule has 0 saturated heterocycles. The fraction of sp³-hybridized carbons (Fsp3) is 0.333. The van der Waals surface area contributed by atoms with Crippen LogP contribution in [-0.4, -0.2) is 38.4 Å². The lowest BCUT2D eigenvalue weighted by Gasteiger charge is -2.48. The first kappa shape index (κ1) is 23.6. The van der Waals surface area contributed by atoms with Crippen molar-refractivity contribution >= 4 is 11.6 Å². The van der Waals surface area contributed by atoms with Crippen molar-refractivity contribution in [3.05, 3.63) is 94.0 Å². The lowest BCUT2D eigenvalue weighted by atomic mass is 9.57. The molecule has 2 atom stereocenters. The number of hydrogen-bond donors (Lipinski definition) is 3. The van der Waals surface area contributed by atoms with Gasteiger partial charge < -0.3 is 5.32 Å². The minimum absolute atomic E-state index is 0.0372. The van der Waals surface area contributed by atoms with E-state index in [1.54, 1.807) is 14.1 Å². The summed E-state index contributed by atoms with van der Waals surface area (Å²) in [7, 11) is 5.32. The summed E-state index contributed by atoms with van der Waals surface area (Å²) in [6.07, 6.45) is 1.33. The Morgan fingerprint density at radius 3 is 2.20 bits per heavy atom. The number of carbonyl (C=O) groups excluding carboxylic acids is 2. The van der Waals surface area contributed by atoms with Crippen molar-refractivity contribution in [3.8, 4) is 11.1 Å². The summed E-state index contributed by atoms with van der Waals surface area (Å²) in [6, 6.07) is 20.6. The lowest BCUT2D eigenvalue weighted by molar-refractivity contribution is -0.129. The van der Waals surface area contributed by atoms with Crippen molar-refractivity contribution in [1.29, 1.82) is 0 Å². The predicted octanol–water partition coefficient (Wildman–Crippen LogP) is 4.08. The molecule has 5 rings (SSSR count). The van der Waals surface area contributed by atoms with Gasteiger partial charge in [-0.05, 0) is 79.9 Å². The number of aryl methyl sites for hydroxylation is 1. The number of hydrogen-bond acceptors (Lipinski definition) is 5.